The van der Waals surface area contributed by atoms with Crippen LogP contribution in [0.25, 0.3) is 0 Å². The van der Waals surface area contributed by atoms with E-state index in [9.17, 15) is 15.0 Å². The minimum absolute atomic E-state index is 0.152. The lowest BCUT2D eigenvalue weighted by atomic mass is 10.1. The highest BCUT2D eigenvalue weighted by molar-refractivity contribution is 5.90. The minimum Gasteiger partial charge on any atom is -0.387 e. The molecule has 2 heterocycles. The molecule has 1 aromatic rings. The Morgan fingerprint density at radius 3 is 2.64 bits per heavy atom. The van der Waals surface area contributed by atoms with E-state index in [2.05, 4.69) is 4.98 Å². The summed E-state index contributed by atoms with van der Waals surface area (Å²) in [5.74, 6) is -0.789. The molecule has 8 heteroatoms. The van der Waals surface area contributed by atoms with Gasteiger partial charge in [0.25, 0.3) is 0 Å². The third-order valence-electron chi connectivity index (χ3n) is 4.51. The second-order valence-electron chi connectivity index (χ2n) is 6.16. The maximum Gasteiger partial charge on any atom is 0.195 e. The van der Waals surface area contributed by atoms with Gasteiger partial charge in [-0.3, -0.25) is 4.79 Å². The second kappa shape index (κ2) is 8.37. The maximum absolute atomic E-state index is 11.7. The van der Waals surface area contributed by atoms with Crippen LogP contribution in [0.2, 0.25) is 0 Å². The van der Waals surface area contributed by atoms with Crippen molar-refractivity contribution < 1.29 is 29.2 Å². The molecule has 0 radical (unpaired) electrons. The summed E-state index contributed by atoms with van der Waals surface area (Å²) in [5.41, 5.74) is 0.200. The van der Waals surface area contributed by atoms with Crippen molar-refractivity contribution >= 4 is 5.78 Å². The number of carbonyl (C=O) groups is 1. The first-order valence-corrected chi connectivity index (χ1v) is 8.71. The molecule has 0 amide bonds. The largest absolute Gasteiger partial charge is 0.387 e. The van der Waals surface area contributed by atoms with E-state index in [1.54, 1.807) is 0 Å². The molecule has 1 aliphatic heterocycles. The first-order valence-electron chi connectivity index (χ1n) is 8.71. The molecule has 0 saturated carbocycles. The van der Waals surface area contributed by atoms with Gasteiger partial charge in [-0.25, -0.2) is 4.98 Å². The Balaban J connectivity index is 2.14. The third-order valence-corrected chi connectivity index (χ3v) is 4.51. The van der Waals surface area contributed by atoms with E-state index in [4.69, 9.17) is 14.2 Å². The van der Waals surface area contributed by atoms with Gasteiger partial charge in [0.1, 0.15) is 25.0 Å². The molecule has 1 saturated heterocycles. The van der Waals surface area contributed by atoms with Gasteiger partial charge in [-0.15, -0.1) is 0 Å². The first kappa shape index (κ1) is 20.0. The SMILES string of the molecule is CCOCn1cc([C@H](O)[C@H](O)[C@H]2COC(CC)(CC)O2)nc1C(C)=O. The number of nitrogens with zero attached hydrogens (tertiary/aromatic N) is 2. The smallest absolute Gasteiger partial charge is 0.195 e. The predicted molar refractivity (Wildman–Crippen MR) is 89.0 cm³/mol. The lowest BCUT2D eigenvalue weighted by molar-refractivity contribution is -0.188. The summed E-state index contributed by atoms with van der Waals surface area (Å²) in [6.45, 7) is 7.96. The summed E-state index contributed by atoms with van der Waals surface area (Å²) in [5, 5.41) is 21.0. The summed E-state index contributed by atoms with van der Waals surface area (Å²) in [6, 6.07) is 0. The Labute approximate surface area is 147 Å². The average molecular weight is 356 g/mol. The predicted octanol–water partition coefficient (Wildman–Crippen LogP) is 1.41. The maximum atomic E-state index is 11.7. The molecule has 1 aliphatic rings. The molecule has 0 spiro atoms. The number of rotatable bonds is 9. The van der Waals surface area contributed by atoms with E-state index < -0.39 is 24.1 Å². The van der Waals surface area contributed by atoms with Crippen LogP contribution in [0.3, 0.4) is 0 Å². The fourth-order valence-corrected chi connectivity index (χ4v) is 2.89. The van der Waals surface area contributed by atoms with E-state index in [0.29, 0.717) is 19.4 Å². The molecule has 3 atom stereocenters. The molecule has 1 fully saturated rings. The van der Waals surface area contributed by atoms with Gasteiger partial charge in [0, 0.05) is 19.7 Å². The fraction of sp³-hybridized carbons (Fsp3) is 0.765. The highest BCUT2D eigenvalue weighted by Gasteiger charge is 2.44. The molecule has 0 bridgehead atoms. The van der Waals surface area contributed by atoms with Crippen LogP contribution in [-0.2, 0) is 20.9 Å². The van der Waals surface area contributed by atoms with E-state index >= 15 is 0 Å². The van der Waals surface area contributed by atoms with Crippen LogP contribution in [0.15, 0.2) is 6.20 Å². The zero-order valence-electron chi connectivity index (χ0n) is 15.3. The number of aromatic nitrogens is 2. The Hall–Kier alpha value is -1.32. The molecular formula is C17H28N2O6. The molecular weight excluding hydrogens is 328 g/mol. The molecule has 142 valence electrons. The fourth-order valence-electron chi connectivity index (χ4n) is 2.89. The normalized spacial score (nSPS) is 22.1. The molecule has 0 aromatic carbocycles. The van der Waals surface area contributed by atoms with Gasteiger partial charge in [-0.1, -0.05) is 13.8 Å². The summed E-state index contributed by atoms with van der Waals surface area (Å²) in [4.78, 5) is 15.9. The summed E-state index contributed by atoms with van der Waals surface area (Å²) >= 11 is 0. The van der Waals surface area contributed by atoms with Crippen molar-refractivity contribution in [1.82, 2.24) is 9.55 Å². The van der Waals surface area contributed by atoms with Crippen LogP contribution in [-0.4, -0.2) is 56.8 Å². The van der Waals surface area contributed by atoms with E-state index in [0.717, 1.165) is 0 Å². The van der Waals surface area contributed by atoms with Crippen LogP contribution < -0.4 is 0 Å². The van der Waals surface area contributed by atoms with Gasteiger partial charge in [-0.2, -0.15) is 0 Å². The van der Waals surface area contributed by atoms with Crippen LogP contribution in [0.4, 0.5) is 0 Å². The van der Waals surface area contributed by atoms with Crippen molar-refractivity contribution in [2.75, 3.05) is 13.2 Å². The van der Waals surface area contributed by atoms with Crippen LogP contribution >= 0.6 is 0 Å². The number of aliphatic hydroxyl groups is 2. The zero-order chi connectivity index (χ0) is 18.6. The topological polar surface area (TPSA) is 103 Å². The molecule has 8 nitrogen and oxygen atoms in total. The number of aliphatic hydroxyl groups excluding tert-OH is 2. The molecule has 2 N–H and O–H groups in total. The first-order chi connectivity index (χ1) is 11.9. The van der Waals surface area contributed by atoms with Crippen molar-refractivity contribution in [3.05, 3.63) is 17.7 Å². The monoisotopic (exact) mass is 356 g/mol. The van der Waals surface area contributed by atoms with Crippen molar-refractivity contribution in [3.8, 4) is 0 Å². The van der Waals surface area contributed by atoms with Gasteiger partial charge in [0.05, 0.1) is 12.3 Å². The molecule has 0 unspecified atom stereocenters. The second-order valence-corrected chi connectivity index (χ2v) is 6.16. The summed E-state index contributed by atoms with van der Waals surface area (Å²) < 4.78 is 18.4. The van der Waals surface area contributed by atoms with Gasteiger partial charge in [-0.05, 0) is 19.8 Å². The number of imidazole rings is 1. The number of hydrogen-bond donors (Lipinski definition) is 2. The summed E-state index contributed by atoms with van der Waals surface area (Å²) in [6.07, 6.45) is -0.342. The lowest BCUT2D eigenvalue weighted by Gasteiger charge is -2.27. The third kappa shape index (κ3) is 4.27. The van der Waals surface area contributed by atoms with E-state index in [1.165, 1.54) is 17.7 Å². The Bertz CT molecular complexity index is 584. The molecule has 0 aliphatic carbocycles. The van der Waals surface area contributed by atoms with Gasteiger partial charge in [0.15, 0.2) is 17.4 Å². The van der Waals surface area contributed by atoms with Crippen LogP contribution in [0.5, 0.6) is 0 Å². The van der Waals surface area contributed by atoms with Crippen molar-refractivity contribution in [1.29, 1.82) is 0 Å². The van der Waals surface area contributed by atoms with Gasteiger partial charge < -0.3 is 29.0 Å². The highest BCUT2D eigenvalue weighted by Crippen LogP contribution is 2.34. The lowest BCUT2D eigenvalue weighted by Crippen LogP contribution is -2.37. The number of ketones is 1. The van der Waals surface area contributed by atoms with Gasteiger partial charge in [0.2, 0.25) is 0 Å². The molecule has 1 aromatic heterocycles. The quantitative estimate of drug-likeness (QED) is 0.645. The molecule has 25 heavy (non-hydrogen) atoms. The van der Waals surface area contributed by atoms with Crippen molar-refractivity contribution in [3.63, 3.8) is 0 Å². The van der Waals surface area contributed by atoms with Crippen molar-refractivity contribution in [2.24, 2.45) is 0 Å². The minimum atomic E-state index is -1.29. The number of ether oxygens (including phenoxy) is 3. The van der Waals surface area contributed by atoms with Crippen molar-refractivity contribution in [2.45, 2.75) is 71.4 Å². The van der Waals surface area contributed by atoms with Gasteiger partial charge >= 0.3 is 0 Å². The Morgan fingerprint density at radius 2 is 2.12 bits per heavy atom. The zero-order valence-corrected chi connectivity index (χ0v) is 15.3. The Morgan fingerprint density at radius 1 is 1.44 bits per heavy atom. The van der Waals surface area contributed by atoms with E-state index in [1.807, 2.05) is 20.8 Å². The standard InChI is InChI=1S/C17H28N2O6/c1-5-17(6-2)24-9-13(25-17)15(22)14(21)12-8-19(10-23-7-3)16(18-12)11(4)20/h8,13-15,21-22H,5-7,9-10H2,1-4H3/t13-,14+,15-/m1/s1. The number of carbonyl (C=O) groups excluding carboxylic acids is 1. The number of Topliss-reactive ketones (excluding diaryl/α,β-unsaturated/α-hetero) is 1. The van der Waals surface area contributed by atoms with E-state index in [-0.39, 0.29) is 30.6 Å². The Kier molecular flexibility index (Phi) is 6.70. The molecule has 2 rings (SSSR count). The number of hydrogen-bond acceptors (Lipinski definition) is 7. The summed E-state index contributed by atoms with van der Waals surface area (Å²) in [7, 11) is 0. The highest BCUT2D eigenvalue weighted by atomic mass is 16.7. The average Bonchev–Trinajstić information content (AvgIpc) is 3.23. The van der Waals surface area contributed by atoms with Crippen LogP contribution in [0.1, 0.15) is 63.0 Å². The van der Waals surface area contributed by atoms with Crippen LogP contribution in [0, 0.1) is 0 Å².